The number of quaternary nitrogens is 1. The maximum atomic E-state index is 11.1. The average Bonchev–Trinajstić information content (AvgIpc) is 3.13. The number of carbonyl (C=O) groups excluding carboxylic acids is 1. The van der Waals surface area contributed by atoms with Gasteiger partial charge in [-0.2, -0.15) is 0 Å². The third-order valence-corrected chi connectivity index (χ3v) is 8.61. The van der Waals surface area contributed by atoms with Crippen molar-refractivity contribution in [1.82, 2.24) is 4.72 Å². The molecule has 1 aliphatic rings. The minimum absolute atomic E-state index is 0.0648. The molecule has 0 bridgehead atoms. The van der Waals surface area contributed by atoms with Crippen molar-refractivity contribution in [2.45, 2.75) is 108 Å². The third kappa shape index (κ3) is 12.6. The molecule has 0 unspecified atom stereocenters. The number of carbonyl (C=O) groups is 1. The van der Waals surface area contributed by atoms with Gasteiger partial charge in [-0.1, -0.05) is 126 Å². The highest BCUT2D eigenvalue weighted by Gasteiger charge is 2.31. The van der Waals surface area contributed by atoms with E-state index < -0.39 is 15.9 Å². The van der Waals surface area contributed by atoms with Crippen LogP contribution in [0.2, 0.25) is 0 Å². The van der Waals surface area contributed by atoms with Crippen LogP contribution in [-0.4, -0.2) is 39.4 Å². The molecule has 0 radical (unpaired) electrons. The minimum Gasteiger partial charge on any atom is -0.325 e. The molecule has 212 valence electrons. The number of nitrogens with zero attached hydrogens (tertiary/aromatic N) is 1. The van der Waals surface area contributed by atoms with E-state index in [-0.39, 0.29) is 10.5 Å². The molecule has 3 rings (SSSR count). The standard InChI is InChI=1S/C25H46N.C7H5NO3S/c1-4-5-6-7-8-9-10-11-12-13-14-15-16-20-23-26(2,3)24-25-21-18-17-19-22-25;9-7-5-3-1-2-4-6(5)12(10,11)8-7/h17-19,21-22H,4-16,20,23-24H2,1-3H3;1-4H,(H,8,9)/q+1;. The molecule has 0 atom stereocenters. The number of hydrogen-bond donors (Lipinski definition) is 1. The summed E-state index contributed by atoms with van der Waals surface area (Å²) in [5, 5.41) is 0. The average molecular weight is 544 g/mol. The van der Waals surface area contributed by atoms with Crippen molar-refractivity contribution in [2.75, 3.05) is 20.6 Å². The van der Waals surface area contributed by atoms with Crippen LogP contribution in [0.3, 0.4) is 0 Å². The van der Waals surface area contributed by atoms with Crippen molar-refractivity contribution < 1.29 is 17.7 Å². The quantitative estimate of drug-likeness (QED) is 0.163. The Morgan fingerprint density at radius 3 is 1.66 bits per heavy atom. The molecule has 1 heterocycles. The Bertz CT molecular complexity index is 1040. The van der Waals surface area contributed by atoms with Crippen LogP contribution in [0.5, 0.6) is 0 Å². The number of nitrogens with one attached hydrogen (secondary N) is 1. The first-order chi connectivity index (χ1) is 18.2. The SMILES string of the molecule is CCCCCCCCCCCCCCCC[N+](C)(C)Cc1ccccc1.O=C1NS(=O)(=O)c2ccccc21. The van der Waals surface area contributed by atoms with E-state index in [1.807, 2.05) is 4.72 Å². The predicted octanol–water partition coefficient (Wildman–Crippen LogP) is 7.86. The van der Waals surface area contributed by atoms with Crippen LogP contribution in [0.1, 0.15) is 113 Å². The molecule has 0 aliphatic carbocycles. The zero-order chi connectivity index (χ0) is 27.7. The van der Waals surface area contributed by atoms with Crippen molar-refractivity contribution in [3.8, 4) is 0 Å². The van der Waals surface area contributed by atoms with Gasteiger partial charge in [-0.3, -0.25) is 4.79 Å². The molecule has 0 saturated carbocycles. The summed E-state index contributed by atoms with van der Waals surface area (Å²) in [5.41, 5.74) is 1.68. The summed E-state index contributed by atoms with van der Waals surface area (Å²) < 4.78 is 25.3. The molecule has 2 aromatic carbocycles. The predicted molar refractivity (Wildman–Crippen MR) is 159 cm³/mol. The topological polar surface area (TPSA) is 63.2 Å². The number of hydrogen-bond acceptors (Lipinski definition) is 3. The highest BCUT2D eigenvalue weighted by molar-refractivity contribution is 7.90. The van der Waals surface area contributed by atoms with E-state index in [4.69, 9.17) is 0 Å². The lowest BCUT2D eigenvalue weighted by atomic mass is 10.0. The largest absolute Gasteiger partial charge is 0.325 e. The van der Waals surface area contributed by atoms with Crippen LogP contribution in [0.25, 0.3) is 0 Å². The van der Waals surface area contributed by atoms with Gasteiger partial charge in [0.1, 0.15) is 11.4 Å². The summed E-state index contributed by atoms with van der Waals surface area (Å²) in [4.78, 5) is 11.1. The van der Waals surface area contributed by atoms with Crippen molar-refractivity contribution in [3.63, 3.8) is 0 Å². The van der Waals surface area contributed by atoms with Gasteiger partial charge in [0.2, 0.25) is 0 Å². The molecule has 0 spiro atoms. The van der Waals surface area contributed by atoms with Gasteiger partial charge in [0, 0.05) is 5.56 Å². The zero-order valence-electron chi connectivity index (χ0n) is 24.1. The fraction of sp³-hybridized carbons (Fsp3) is 0.594. The number of sulfonamides is 1. The molecular formula is C32H51N2O3S+. The monoisotopic (exact) mass is 543 g/mol. The minimum atomic E-state index is -3.55. The van der Waals surface area contributed by atoms with Crippen LogP contribution in [-0.2, 0) is 16.6 Å². The Morgan fingerprint density at radius 2 is 1.13 bits per heavy atom. The van der Waals surface area contributed by atoms with E-state index in [1.165, 1.54) is 114 Å². The maximum absolute atomic E-state index is 11.1. The second kappa shape index (κ2) is 17.4. The van der Waals surface area contributed by atoms with Crippen LogP contribution < -0.4 is 4.72 Å². The summed E-state index contributed by atoms with van der Waals surface area (Å²) in [5.74, 6) is -0.550. The summed E-state index contributed by atoms with van der Waals surface area (Å²) >= 11 is 0. The van der Waals surface area contributed by atoms with Crippen molar-refractivity contribution in [2.24, 2.45) is 0 Å². The number of rotatable bonds is 17. The van der Waals surface area contributed by atoms with Gasteiger partial charge in [0.25, 0.3) is 15.9 Å². The second-order valence-corrected chi connectivity index (χ2v) is 13.0. The first-order valence-corrected chi connectivity index (χ1v) is 16.3. The molecule has 0 fully saturated rings. The first-order valence-electron chi connectivity index (χ1n) is 14.8. The number of amides is 1. The lowest BCUT2D eigenvalue weighted by molar-refractivity contribution is -0.903. The van der Waals surface area contributed by atoms with Gasteiger partial charge >= 0.3 is 0 Å². The molecule has 1 aliphatic heterocycles. The molecule has 1 N–H and O–H groups in total. The Kier molecular flexibility index (Phi) is 14.7. The summed E-state index contributed by atoms with van der Waals surface area (Å²) in [6, 6.07) is 17.0. The maximum Gasteiger partial charge on any atom is 0.266 e. The van der Waals surface area contributed by atoms with Gasteiger partial charge in [-0.15, -0.1) is 0 Å². The molecule has 5 nitrogen and oxygen atoms in total. The lowest BCUT2D eigenvalue weighted by Crippen LogP contribution is -2.39. The lowest BCUT2D eigenvalue weighted by Gasteiger charge is -2.30. The van der Waals surface area contributed by atoms with Gasteiger partial charge in [-0.25, -0.2) is 13.1 Å². The summed E-state index contributed by atoms with van der Waals surface area (Å²) in [7, 11) is 1.19. The van der Waals surface area contributed by atoms with E-state index in [9.17, 15) is 13.2 Å². The Labute approximate surface area is 232 Å². The van der Waals surface area contributed by atoms with Gasteiger partial charge in [0.05, 0.1) is 26.2 Å². The highest BCUT2D eigenvalue weighted by Crippen LogP contribution is 2.21. The van der Waals surface area contributed by atoms with Gasteiger partial charge < -0.3 is 4.48 Å². The van der Waals surface area contributed by atoms with Crippen molar-refractivity contribution in [3.05, 3.63) is 65.7 Å². The molecule has 2 aromatic rings. The van der Waals surface area contributed by atoms with E-state index in [0.29, 0.717) is 0 Å². The highest BCUT2D eigenvalue weighted by atomic mass is 32.2. The van der Waals surface area contributed by atoms with E-state index in [1.54, 1.807) is 12.1 Å². The van der Waals surface area contributed by atoms with Gasteiger partial charge in [-0.05, 0) is 25.0 Å². The molecule has 0 aromatic heterocycles. The Hall–Kier alpha value is -2.18. The zero-order valence-corrected chi connectivity index (χ0v) is 24.9. The van der Waals surface area contributed by atoms with E-state index in [0.717, 1.165) is 11.0 Å². The second-order valence-electron chi connectivity index (χ2n) is 11.3. The third-order valence-electron chi connectivity index (χ3n) is 7.22. The van der Waals surface area contributed by atoms with Crippen LogP contribution in [0, 0.1) is 0 Å². The normalized spacial score (nSPS) is 13.9. The number of benzene rings is 2. The number of fused-ring (bicyclic) bond motifs is 1. The molecule has 6 heteroatoms. The Morgan fingerprint density at radius 1 is 0.658 bits per heavy atom. The van der Waals surface area contributed by atoms with Crippen molar-refractivity contribution in [1.29, 1.82) is 0 Å². The molecule has 0 saturated heterocycles. The van der Waals surface area contributed by atoms with Crippen molar-refractivity contribution >= 4 is 15.9 Å². The molecule has 1 amide bonds. The summed E-state index contributed by atoms with van der Waals surface area (Å²) in [6.45, 7) is 4.75. The van der Waals surface area contributed by atoms with Gasteiger partial charge in [0.15, 0.2) is 0 Å². The fourth-order valence-electron chi connectivity index (χ4n) is 5.01. The fourth-order valence-corrected chi connectivity index (χ4v) is 6.18. The van der Waals surface area contributed by atoms with Crippen LogP contribution >= 0.6 is 0 Å². The van der Waals surface area contributed by atoms with Crippen LogP contribution in [0.15, 0.2) is 59.5 Å². The first kappa shape index (κ1) is 32.0. The van der Waals surface area contributed by atoms with Crippen LogP contribution in [0.4, 0.5) is 0 Å². The van der Waals surface area contributed by atoms with E-state index >= 15 is 0 Å². The molecular weight excluding hydrogens is 492 g/mol. The Balaban J connectivity index is 0.000000347. The smallest absolute Gasteiger partial charge is 0.266 e. The number of unbranched alkanes of at least 4 members (excludes halogenated alkanes) is 13. The van der Waals surface area contributed by atoms with E-state index in [2.05, 4.69) is 51.4 Å². The molecule has 38 heavy (non-hydrogen) atoms. The summed E-state index contributed by atoms with van der Waals surface area (Å²) in [6.07, 6.45) is 20.2.